The van der Waals surface area contributed by atoms with Gasteiger partial charge >= 0.3 is 0 Å². The van der Waals surface area contributed by atoms with Crippen LogP contribution in [0.4, 0.5) is 0 Å². The lowest BCUT2D eigenvalue weighted by atomic mass is 9.85. The molecule has 278 valence electrons. The monoisotopic (exact) mass is 762 g/mol. The second-order valence-corrected chi connectivity index (χ2v) is 15.9. The summed E-state index contributed by atoms with van der Waals surface area (Å²) >= 11 is 0. The number of hydrogen-bond donors (Lipinski definition) is 0. The van der Waals surface area contributed by atoms with Crippen molar-refractivity contribution in [3.8, 4) is 44.5 Å². The molecule has 0 bridgehead atoms. The van der Waals surface area contributed by atoms with Crippen molar-refractivity contribution in [3.05, 3.63) is 206 Å². The van der Waals surface area contributed by atoms with Crippen LogP contribution >= 0.6 is 0 Å². The van der Waals surface area contributed by atoms with E-state index in [1.165, 1.54) is 82.0 Å². The lowest BCUT2D eigenvalue weighted by molar-refractivity contribution is 0.669. The van der Waals surface area contributed by atoms with E-state index in [4.69, 9.17) is 8.83 Å². The number of furan rings is 2. The predicted octanol–water partition coefficient (Wildman–Crippen LogP) is 16.8. The summed E-state index contributed by atoms with van der Waals surface area (Å²) in [7, 11) is 0. The number of benzene rings is 11. The first-order valence-electron chi connectivity index (χ1n) is 20.6. The molecule has 0 unspecified atom stereocenters. The Morgan fingerprint density at radius 3 is 1.55 bits per heavy atom. The van der Waals surface area contributed by atoms with Crippen LogP contribution in [0, 0.1) is 0 Å². The molecular formula is C58H34O2. The number of rotatable bonds is 4. The highest BCUT2D eigenvalue weighted by Gasteiger charge is 2.19. The van der Waals surface area contributed by atoms with E-state index in [-0.39, 0.29) is 0 Å². The maximum atomic E-state index is 6.58. The highest BCUT2D eigenvalue weighted by atomic mass is 16.3. The van der Waals surface area contributed by atoms with Crippen LogP contribution in [0.5, 0.6) is 0 Å². The van der Waals surface area contributed by atoms with E-state index in [1.54, 1.807) is 0 Å². The van der Waals surface area contributed by atoms with E-state index in [1.807, 2.05) is 0 Å². The molecule has 0 fully saturated rings. The second-order valence-electron chi connectivity index (χ2n) is 15.9. The van der Waals surface area contributed by atoms with Crippen LogP contribution in [-0.2, 0) is 0 Å². The first-order chi connectivity index (χ1) is 29.7. The Hall–Kier alpha value is -7.94. The highest BCUT2D eigenvalue weighted by Crippen LogP contribution is 2.46. The summed E-state index contributed by atoms with van der Waals surface area (Å²) in [5, 5.41) is 14.3. The minimum Gasteiger partial charge on any atom is -0.456 e. The van der Waals surface area contributed by atoms with Gasteiger partial charge in [-0.1, -0.05) is 170 Å². The zero-order valence-electron chi connectivity index (χ0n) is 32.4. The zero-order valence-corrected chi connectivity index (χ0v) is 32.4. The van der Waals surface area contributed by atoms with Gasteiger partial charge in [-0.05, 0) is 119 Å². The first kappa shape index (κ1) is 33.1. The molecule has 0 radical (unpaired) electrons. The molecule has 0 spiro atoms. The van der Waals surface area contributed by atoms with Gasteiger partial charge in [0, 0.05) is 26.9 Å². The molecule has 0 atom stereocenters. The third-order valence-electron chi connectivity index (χ3n) is 12.6. The fourth-order valence-corrected chi connectivity index (χ4v) is 9.94. The predicted molar refractivity (Wildman–Crippen MR) is 253 cm³/mol. The van der Waals surface area contributed by atoms with E-state index >= 15 is 0 Å². The van der Waals surface area contributed by atoms with Crippen LogP contribution in [0.1, 0.15) is 0 Å². The van der Waals surface area contributed by atoms with Gasteiger partial charge in [-0.15, -0.1) is 0 Å². The van der Waals surface area contributed by atoms with Crippen LogP contribution in [0.25, 0.3) is 131 Å². The van der Waals surface area contributed by atoms with Crippen molar-refractivity contribution in [2.75, 3.05) is 0 Å². The van der Waals surface area contributed by atoms with Gasteiger partial charge in [-0.25, -0.2) is 0 Å². The van der Waals surface area contributed by atoms with E-state index in [0.717, 1.165) is 49.4 Å². The molecule has 0 aliphatic rings. The Bertz CT molecular complexity index is 3820. The van der Waals surface area contributed by atoms with Crippen molar-refractivity contribution in [2.45, 2.75) is 0 Å². The quantitative estimate of drug-likeness (QED) is 0.167. The molecule has 0 amide bonds. The minimum absolute atomic E-state index is 0.902. The Balaban J connectivity index is 0.950. The SMILES string of the molecule is c1cc(-c2c3ccccc3c(-c3ccc(-c4ccc5oc6ccc7ccccc7c6c5c4)cc3)c3ccccc23)cc(-c2cccc3oc4c5ccccc5ccc4c23)c1. The van der Waals surface area contributed by atoms with E-state index < -0.39 is 0 Å². The zero-order chi connectivity index (χ0) is 39.3. The third kappa shape index (κ3) is 4.88. The molecule has 0 N–H and O–H groups in total. The van der Waals surface area contributed by atoms with Gasteiger partial charge in [-0.3, -0.25) is 0 Å². The fraction of sp³-hybridized carbons (Fsp3) is 0. The Labute approximate surface area is 345 Å². The van der Waals surface area contributed by atoms with Gasteiger partial charge in [0.15, 0.2) is 0 Å². The smallest absolute Gasteiger partial charge is 0.143 e. The number of hydrogen-bond acceptors (Lipinski definition) is 2. The molecule has 2 nitrogen and oxygen atoms in total. The minimum atomic E-state index is 0.902. The van der Waals surface area contributed by atoms with Crippen LogP contribution in [0.3, 0.4) is 0 Å². The lowest BCUT2D eigenvalue weighted by Crippen LogP contribution is -1.91. The van der Waals surface area contributed by atoms with Gasteiger partial charge in [-0.2, -0.15) is 0 Å². The lowest BCUT2D eigenvalue weighted by Gasteiger charge is -2.18. The van der Waals surface area contributed by atoms with Crippen molar-refractivity contribution in [1.29, 1.82) is 0 Å². The van der Waals surface area contributed by atoms with Crippen LogP contribution in [0.2, 0.25) is 0 Å². The topological polar surface area (TPSA) is 26.3 Å². The normalized spacial score (nSPS) is 12.0. The average molecular weight is 763 g/mol. The molecule has 0 aliphatic carbocycles. The van der Waals surface area contributed by atoms with E-state index in [9.17, 15) is 0 Å². The van der Waals surface area contributed by atoms with Crippen molar-refractivity contribution in [1.82, 2.24) is 0 Å². The maximum absolute atomic E-state index is 6.58. The van der Waals surface area contributed by atoms with E-state index in [0.29, 0.717) is 0 Å². The molecule has 0 saturated carbocycles. The van der Waals surface area contributed by atoms with Crippen LogP contribution in [0.15, 0.2) is 215 Å². The summed E-state index contributed by atoms with van der Waals surface area (Å²) in [6.45, 7) is 0. The summed E-state index contributed by atoms with van der Waals surface area (Å²) in [5.41, 5.74) is 13.2. The molecule has 0 saturated heterocycles. The van der Waals surface area contributed by atoms with Gasteiger partial charge in [0.2, 0.25) is 0 Å². The molecular weight excluding hydrogens is 729 g/mol. The second kappa shape index (κ2) is 12.8. The molecule has 13 aromatic rings. The van der Waals surface area contributed by atoms with Gasteiger partial charge in [0.05, 0.1) is 0 Å². The molecule has 2 heteroatoms. The van der Waals surface area contributed by atoms with Crippen molar-refractivity contribution in [2.24, 2.45) is 0 Å². The summed E-state index contributed by atoms with van der Waals surface area (Å²) in [4.78, 5) is 0. The molecule has 2 heterocycles. The van der Waals surface area contributed by atoms with Crippen molar-refractivity contribution < 1.29 is 8.83 Å². The molecule has 60 heavy (non-hydrogen) atoms. The standard InChI is InChI=1S/C58H34O2/c1-3-15-42-36(11-1)28-32-53-57(42)50-34-39(29-31-51(50)59-53)35-23-25-38(26-24-35)54-45-17-5-7-19-47(45)55(48-20-8-6-18-46(48)54)41-14-9-13-40(33-41)43-21-10-22-52-56(43)49-30-27-37-12-2-4-16-44(37)58(49)60-52/h1-34H. The van der Waals surface area contributed by atoms with Crippen molar-refractivity contribution in [3.63, 3.8) is 0 Å². The summed E-state index contributed by atoms with van der Waals surface area (Å²) < 4.78 is 12.9. The fourth-order valence-electron chi connectivity index (χ4n) is 9.94. The largest absolute Gasteiger partial charge is 0.456 e. The molecule has 0 aliphatic heterocycles. The summed E-state index contributed by atoms with van der Waals surface area (Å²) in [6, 6.07) is 74.6. The summed E-state index contributed by atoms with van der Waals surface area (Å²) in [5.74, 6) is 0. The Morgan fingerprint density at radius 1 is 0.250 bits per heavy atom. The average Bonchev–Trinajstić information content (AvgIpc) is 3.90. The van der Waals surface area contributed by atoms with Crippen LogP contribution < -0.4 is 0 Å². The Morgan fingerprint density at radius 2 is 0.800 bits per heavy atom. The van der Waals surface area contributed by atoms with Crippen molar-refractivity contribution >= 4 is 87.0 Å². The van der Waals surface area contributed by atoms with E-state index in [2.05, 4.69) is 206 Å². The number of fused-ring (bicyclic) bond motifs is 12. The van der Waals surface area contributed by atoms with Gasteiger partial charge in [0.1, 0.15) is 22.3 Å². The van der Waals surface area contributed by atoms with Gasteiger partial charge in [0.25, 0.3) is 0 Å². The molecule has 13 rings (SSSR count). The molecule has 2 aromatic heterocycles. The highest BCUT2D eigenvalue weighted by molar-refractivity contribution is 6.23. The van der Waals surface area contributed by atoms with Crippen LogP contribution in [-0.4, -0.2) is 0 Å². The first-order valence-corrected chi connectivity index (χ1v) is 20.6. The Kier molecular flexibility index (Phi) is 7.05. The maximum Gasteiger partial charge on any atom is 0.143 e. The molecule has 11 aromatic carbocycles. The third-order valence-corrected chi connectivity index (χ3v) is 12.6. The summed E-state index contributed by atoms with van der Waals surface area (Å²) in [6.07, 6.45) is 0. The van der Waals surface area contributed by atoms with Gasteiger partial charge < -0.3 is 8.83 Å².